The Morgan fingerprint density at radius 1 is 1.08 bits per heavy atom. The lowest BCUT2D eigenvalue weighted by Crippen LogP contribution is -2.14. The van der Waals surface area contributed by atoms with Gasteiger partial charge in [-0.05, 0) is 24.3 Å². The predicted molar refractivity (Wildman–Crippen MR) is 95.1 cm³/mol. The molecule has 4 rings (SSSR count). The summed E-state index contributed by atoms with van der Waals surface area (Å²) >= 11 is 0. The van der Waals surface area contributed by atoms with Crippen molar-refractivity contribution in [1.29, 1.82) is 0 Å². The van der Waals surface area contributed by atoms with Gasteiger partial charge in [-0.15, -0.1) is 0 Å². The van der Waals surface area contributed by atoms with Crippen molar-refractivity contribution in [2.24, 2.45) is 5.73 Å². The smallest absolute Gasteiger partial charge is 0.181 e. The molecule has 2 aromatic heterocycles. The molecule has 6 nitrogen and oxygen atoms in total. The number of aromatic nitrogens is 3. The molecule has 0 aliphatic carbocycles. The molecule has 4 N–H and O–H groups in total. The van der Waals surface area contributed by atoms with Gasteiger partial charge in [0, 0.05) is 24.8 Å². The van der Waals surface area contributed by atoms with Gasteiger partial charge in [-0.2, -0.15) is 0 Å². The lowest BCUT2D eigenvalue weighted by Gasteiger charge is -2.08. The molecule has 0 aliphatic rings. The SMILES string of the molecule is NCCNc1nc2ccccc2n2cc(-c3cccc(O)c3)nc12. The highest BCUT2D eigenvalue weighted by atomic mass is 16.3. The second-order valence-corrected chi connectivity index (χ2v) is 5.53. The fourth-order valence-corrected chi connectivity index (χ4v) is 2.78. The first-order valence-corrected chi connectivity index (χ1v) is 7.77. The largest absolute Gasteiger partial charge is 0.508 e. The average Bonchev–Trinajstić information content (AvgIpc) is 3.05. The van der Waals surface area contributed by atoms with Gasteiger partial charge in [-0.1, -0.05) is 24.3 Å². The van der Waals surface area contributed by atoms with Crippen LogP contribution in [-0.4, -0.2) is 32.6 Å². The van der Waals surface area contributed by atoms with E-state index in [1.165, 1.54) is 0 Å². The molecule has 0 amide bonds. The summed E-state index contributed by atoms with van der Waals surface area (Å²) in [6.45, 7) is 1.14. The molecule has 2 aromatic carbocycles. The number of rotatable bonds is 4. The first-order valence-electron chi connectivity index (χ1n) is 7.77. The zero-order valence-corrected chi connectivity index (χ0v) is 13.0. The summed E-state index contributed by atoms with van der Waals surface area (Å²) < 4.78 is 2.01. The number of fused-ring (bicyclic) bond motifs is 3. The highest BCUT2D eigenvalue weighted by molar-refractivity contribution is 5.84. The van der Waals surface area contributed by atoms with Gasteiger partial charge in [0.1, 0.15) is 5.75 Å². The maximum atomic E-state index is 9.72. The zero-order valence-electron chi connectivity index (χ0n) is 13.0. The Kier molecular flexibility index (Phi) is 3.51. The number of benzene rings is 2. The topological polar surface area (TPSA) is 88.5 Å². The second-order valence-electron chi connectivity index (χ2n) is 5.53. The summed E-state index contributed by atoms with van der Waals surface area (Å²) in [5.41, 5.74) is 9.82. The van der Waals surface area contributed by atoms with E-state index in [0.717, 1.165) is 27.9 Å². The highest BCUT2D eigenvalue weighted by Gasteiger charge is 2.13. The van der Waals surface area contributed by atoms with Gasteiger partial charge in [-0.3, -0.25) is 4.40 Å². The third-order valence-electron chi connectivity index (χ3n) is 3.87. The van der Waals surface area contributed by atoms with Crippen molar-refractivity contribution in [1.82, 2.24) is 14.4 Å². The van der Waals surface area contributed by atoms with E-state index >= 15 is 0 Å². The molecule has 2 heterocycles. The van der Waals surface area contributed by atoms with Crippen molar-refractivity contribution in [2.45, 2.75) is 0 Å². The molecule has 4 aromatic rings. The number of anilines is 1. The second kappa shape index (κ2) is 5.82. The van der Waals surface area contributed by atoms with E-state index in [4.69, 9.17) is 10.7 Å². The lowest BCUT2D eigenvalue weighted by atomic mass is 10.1. The van der Waals surface area contributed by atoms with Gasteiger partial charge >= 0.3 is 0 Å². The fraction of sp³-hybridized carbons (Fsp3) is 0.111. The Balaban J connectivity index is 1.97. The van der Waals surface area contributed by atoms with Gasteiger partial charge < -0.3 is 16.2 Å². The molecule has 0 radical (unpaired) electrons. The quantitative estimate of drug-likeness (QED) is 0.538. The Morgan fingerprint density at radius 2 is 1.96 bits per heavy atom. The minimum Gasteiger partial charge on any atom is -0.508 e. The summed E-state index contributed by atoms with van der Waals surface area (Å²) in [6.07, 6.45) is 1.96. The molecule has 6 heteroatoms. The van der Waals surface area contributed by atoms with E-state index < -0.39 is 0 Å². The molecular weight excluding hydrogens is 302 g/mol. The monoisotopic (exact) mass is 319 g/mol. The number of nitrogens with one attached hydrogen (secondary N) is 1. The fourth-order valence-electron chi connectivity index (χ4n) is 2.78. The Hall–Kier alpha value is -3.12. The van der Waals surface area contributed by atoms with E-state index in [1.807, 2.05) is 40.9 Å². The maximum Gasteiger partial charge on any atom is 0.181 e. The van der Waals surface area contributed by atoms with Gasteiger partial charge in [0.2, 0.25) is 0 Å². The zero-order chi connectivity index (χ0) is 16.5. The van der Waals surface area contributed by atoms with Gasteiger partial charge in [0.05, 0.1) is 16.7 Å². The molecule has 0 saturated heterocycles. The predicted octanol–water partition coefficient (Wildman–Crippen LogP) is 2.63. The third-order valence-corrected chi connectivity index (χ3v) is 3.87. The van der Waals surface area contributed by atoms with Crippen molar-refractivity contribution in [3.63, 3.8) is 0 Å². The number of hydrogen-bond acceptors (Lipinski definition) is 5. The van der Waals surface area contributed by atoms with Crippen LogP contribution < -0.4 is 11.1 Å². The van der Waals surface area contributed by atoms with Crippen LogP contribution in [0.3, 0.4) is 0 Å². The van der Waals surface area contributed by atoms with E-state index in [0.29, 0.717) is 18.9 Å². The molecule has 0 spiro atoms. The van der Waals surface area contributed by atoms with Crippen LogP contribution in [-0.2, 0) is 0 Å². The summed E-state index contributed by atoms with van der Waals surface area (Å²) in [5, 5.41) is 13.0. The van der Waals surface area contributed by atoms with E-state index in [-0.39, 0.29) is 5.75 Å². The number of imidazole rings is 1. The lowest BCUT2D eigenvalue weighted by molar-refractivity contribution is 0.475. The summed E-state index contributed by atoms with van der Waals surface area (Å²) in [6, 6.07) is 15.0. The first kappa shape index (κ1) is 14.5. The van der Waals surface area contributed by atoms with Crippen molar-refractivity contribution in [2.75, 3.05) is 18.4 Å². The molecule has 0 fully saturated rings. The van der Waals surface area contributed by atoms with Crippen LogP contribution in [0.1, 0.15) is 0 Å². The number of phenols is 1. The van der Waals surface area contributed by atoms with Crippen molar-refractivity contribution >= 4 is 22.5 Å². The number of nitrogens with two attached hydrogens (primary N) is 1. The molecular formula is C18H17N5O. The van der Waals surface area contributed by atoms with Crippen LogP contribution in [0.5, 0.6) is 5.75 Å². The van der Waals surface area contributed by atoms with E-state index in [2.05, 4.69) is 10.3 Å². The molecule has 0 aliphatic heterocycles. The third kappa shape index (κ3) is 2.43. The molecule has 120 valence electrons. The van der Waals surface area contributed by atoms with Crippen molar-refractivity contribution in [3.05, 3.63) is 54.7 Å². The molecule has 0 atom stereocenters. The Bertz CT molecular complexity index is 1020. The number of aromatic hydroxyl groups is 1. The maximum absolute atomic E-state index is 9.72. The molecule has 0 bridgehead atoms. The van der Waals surface area contributed by atoms with Gasteiger partial charge in [0.15, 0.2) is 11.5 Å². The van der Waals surface area contributed by atoms with Crippen LogP contribution in [0.25, 0.3) is 27.9 Å². The highest BCUT2D eigenvalue weighted by Crippen LogP contribution is 2.27. The number of phenolic OH excluding ortho intramolecular Hbond substituents is 1. The summed E-state index contributed by atoms with van der Waals surface area (Å²) in [5.74, 6) is 0.916. The molecule has 0 unspecified atom stereocenters. The minimum absolute atomic E-state index is 0.217. The van der Waals surface area contributed by atoms with Crippen LogP contribution >= 0.6 is 0 Å². The Labute approximate surface area is 138 Å². The van der Waals surface area contributed by atoms with Crippen molar-refractivity contribution in [3.8, 4) is 17.0 Å². The van der Waals surface area contributed by atoms with Gasteiger partial charge in [-0.25, -0.2) is 9.97 Å². The van der Waals surface area contributed by atoms with Crippen LogP contribution in [0, 0.1) is 0 Å². The van der Waals surface area contributed by atoms with Crippen LogP contribution in [0.4, 0.5) is 5.82 Å². The number of nitrogens with zero attached hydrogens (tertiary/aromatic N) is 3. The average molecular weight is 319 g/mol. The first-order chi connectivity index (χ1) is 11.8. The normalized spacial score (nSPS) is 11.2. The van der Waals surface area contributed by atoms with Crippen molar-refractivity contribution < 1.29 is 5.11 Å². The van der Waals surface area contributed by atoms with Crippen LogP contribution in [0.15, 0.2) is 54.7 Å². The standard InChI is InChI=1S/C18H17N5O/c19-8-9-20-17-18-22-15(12-4-3-5-13(24)10-12)11-23(18)16-7-2-1-6-14(16)21-17/h1-7,10-11,24H,8-9,19H2,(H,20,21). The van der Waals surface area contributed by atoms with E-state index in [1.54, 1.807) is 18.2 Å². The Morgan fingerprint density at radius 3 is 2.79 bits per heavy atom. The van der Waals surface area contributed by atoms with Gasteiger partial charge in [0.25, 0.3) is 0 Å². The summed E-state index contributed by atoms with van der Waals surface area (Å²) in [7, 11) is 0. The minimum atomic E-state index is 0.217. The molecule has 0 saturated carbocycles. The summed E-state index contributed by atoms with van der Waals surface area (Å²) in [4.78, 5) is 9.38. The number of para-hydroxylation sites is 2. The van der Waals surface area contributed by atoms with Crippen LogP contribution in [0.2, 0.25) is 0 Å². The number of hydrogen-bond donors (Lipinski definition) is 3. The molecule has 24 heavy (non-hydrogen) atoms. The van der Waals surface area contributed by atoms with E-state index in [9.17, 15) is 5.11 Å².